The van der Waals surface area contributed by atoms with E-state index < -0.39 is 11.7 Å². The second kappa shape index (κ2) is 11.2. The molecule has 0 saturated carbocycles. The van der Waals surface area contributed by atoms with Crippen molar-refractivity contribution in [3.63, 3.8) is 0 Å². The molecule has 150 valence electrons. The normalized spacial score (nSPS) is 10.8. The van der Waals surface area contributed by atoms with Crippen LogP contribution < -0.4 is 16.0 Å². The summed E-state index contributed by atoms with van der Waals surface area (Å²) >= 11 is 0. The Labute approximate surface area is 160 Å². The summed E-state index contributed by atoms with van der Waals surface area (Å²) in [5.41, 5.74) is 0.995. The van der Waals surface area contributed by atoms with Gasteiger partial charge in [-0.1, -0.05) is 12.1 Å². The number of nitrogens with one attached hydrogen (secondary N) is 3. The maximum absolute atomic E-state index is 11.9. The molecule has 3 N–H and O–H groups in total. The third-order valence-electron chi connectivity index (χ3n) is 3.28. The molecule has 0 aliphatic heterocycles. The lowest BCUT2D eigenvalue weighted by molar-refractivity contribution is -0.122. The lowest BCUT2D eigenvalue weighted by atomic mass is 10.2. The molecule has 1 rings (SSSR count). The molecule has 0 aromatic heterocycles. The number of carbonyl (C=O) groups is 3. The molecule has 0 fully saturated rings. The van der Waals surface area contributed by atoms with Crippen LogP contribution in [0.4, 0.5) is 10.5 Å². The van der Waals surface area contributed by atoms with Gasteiger partial charge in [0, 0.05) is 38.7 Å². The summed E-state index contributed by atoms with van der Waals surface area (Å²) in [4.78, 5) is 34.9. The van der Waals surface area contributed by atoms with Gasteiger partial charge in [-0.15, -0.1) is 0 Å². The molecule has 0 atom stereocenters. The first-order chi connectivity index (χ1) is 12.7. The van der Waals surface area contributed by atoms with Crippen molar-refractivity contribution in [3.8, 4) is 0 Å². The minimum atomic E-state index is -0.572. The Kier molecular flexibility index (Phi) is 9.29. The topological polar surface area (TPSA) is 106 Å². The maximum Gasteiger partial charge on any atom is 0.407 e. The molecule has 3 amide bonds. The fraction of sp³-hybridized carbons (Fsp3) is 0.526. The number of benzene rings is 1. The van der Waals surface area contributed by atoms with Crippen LogP contribution >= 0.6 is 0 Å². The fourth-order valence-electron chi connectivity index (χ4n) is 2.01. The van der Waals surface area contributed by atoms with Crippen molar-refractivity contribution < 1.29 is 23.9 Å². The predicted molar refractivity (Wildman–Crippen MR) is 102 cm³/mol. The van der Waals surface area contributed by atoms with E-state index in [9.17, 15) is 14.4 Å². The van der Waals surface area contributed by atoms with Gasteiger partial charge in [0.25, 0.3) is 0 Å². The number of methoxy groups -OCH3 is 1. The van der Waals surface area contributed by atoms with Crippen LogP contribution in [-0.4, -0.2) is 43.8 Å². The second-order valence-electron chi connectivity index (χ2n) is 6.94. The number of amides is 3. The van der Waals surface area contributed by atoms with E-state index in [0.717, 1.165) is 5.56 Å². The van der Waals surface area contributed by atoms with Gasteiger partial charge >= 0.3 is 6.09 Å². The zero-order valence-electron chi connectivity index (χ0n) is 16.4. The Bertz CT molecular complexity index is 623. The molecular weight excluding hydrogens is 350 g/mol. The highest BCUT2D eigenvalue weighted by atomic mass is 16.6. The van der Waals surface area contributed by atoms with Crippen molar-refractivity contribution in [1.82, 2.24) is 10.6 Å². The summed E-state index contributed by atoms with van der Waals surface area (Å²) in [5.74, 6) is -0.293. The van der Waals surface area contributed by atoms with Crippen molar-refractivity contribution in [2.45, 2.75) is 45.8 Å². The number of carbonyl (C=O) groups excluding carboxylic acids is 3. The molecule has 0 aliphatic rings. The zero-order chi connectivity index (χ0) is 20.3. The smallest absolute Gasteiger partial charge is 0.407 e. The van der Waals surface area contributed by atoms with Gasteiger partial charge in [0.2, 0.25) is 11.8 Å². The summed E-state index contributed by atoms with van der Waals surface area (Å²) in [5, 5.41) is 8.07. The Morgan fingerprint density at radius 1 is 0.963 bits per heavy atom. The van der Waals surface area contributed by atoms with E-state index in [4.69, 9.17) is 9.47 Å². The first-order valence-electron chi connectivity index (χ1n) is 8.81. The molecule has 1 aromatic rings. The highest BCUT2D eigenvalue weighted by molar-refractivity contribution is 5.91. The van der Waals surface area contributed by atoms with E-state index in [0.29, 0.717) is 25.3 Å². The monoisotopic (exact) mass is 379 g/mol. The summed E-state index contributed by atoms with van der Waals surface area (Å²) < 4.78 is 9.94. The van der Waals surface area contributed by atoms with Gasteiger partial charge in [-0.05, 0) is 38.5 Å². The van der Waals surface area contributed by atoms with Crippen LogP contribution in [0.1, 0.15) is 39.2 Å². The van der Waals surface area contributed by atoms with Crippen LogP contribution in [0.5, 0.6) is 0 Å². The van der Waals surface area contributed by atoms with Crippen molar-refractivity contribution in [2.75, 3.05) is 25.6 Å². The molecular formula is C19H29N3O5. The second-order valence-corrected chi connectivity index (χ2v) is 6.94. The van der Waals surface area contributed by atoms with E-state index >= 15 is 0 Å². The number of hydrogen-bond acceptors (Lipinski definition) is 5. The van der Waals surface area contributed by atoms with E-state index in [1.54, 1.807) is 40.0 Å². The Morgan fingerprint density at radius 2 is 1.63 bits per heavy atom. The Balaban J connectivity index is 2.30. The van der Waals surface area contributed by atoms with Crippen LogP contribution in [0, 0.1) is 0 Å². The highest BCUT2D eigenvalue weighted by Crippen LogP contribution is 2.10. The molecule has 0 unspecified atom stereocenters. The standard InChI is InChI=1S/C19H29N3O5/c1-19(2,3)27-18(25)20-11-9-17(24)22-15-7-5-14(6-8-15)13-21-16(23)10-12-26-4/h5-8H,9-13H2,1-4H3,(H,20,25)(H,21,23)(H,22,24). The van der Waals surface area contributed by atoms with E-state index in [-0.39, 0.29) is 24.8 Å². The predicted octanol–water partition coefficient (Wildman–Crippen LogP) is 2.19. The largest absolute Gasteiger partial charge is 0.444 e. The molecule has 0 saturated heterocycles. The van der Waals surface area contributed by atoms with Crippen molar-refractivity contribution in [3.05, 3.63) is 29.8 Å². The molecule has 0 bridgehead atoms. The van der Waals surface area contributed by atoms with Gasteiger partial charge in [0.15, 0.2) is 0 Å². The van der Waals surface area contributed by atoms with Crippen LogP contribution in [-0.2, 0) is 25.6 Å². The van der Waals surface area contributed by atoms with Crippen molar-refractivity contribution in [2.24, 2.45) is 0 Å². The summed E-state index contributed by atoms with van der Waals surface area (Å²) in [6.07, 6.45) is -0.0920. The molecule has 0 heterocycles. The van der Waals surface area contributed by atoms with Gasteiger partial charge in [-0.25, -0.2) is 4.79 Å². The minimum absolute atomic E-state index is 0.0771. The van der Waals surface area contributed by atoms with Gasteiger partial charge in [-0.3, -0.25) is 9.59 Å². The van der Waals surface area contributed by atoms with E-state index in [1.165, 1.54) is 0 Å². The number of hydrogen-bond donors (Lipinski definition) is 3. The summed E-state index contributed by atoms with van der Waals surface area (Å²) in [6.45, 7) is 6.30. The Morgan fingerprint density at radius 3 is 2.22 bits per heavy atom. The fourth-order valence-corrected chi connectivity index (χ4v) is 2.01. The number of ether oxygens (including phenoxy) is 2. The van der Waals surface area contributed by atoms with Gasteiger partial charge in [-0.2, -0.15) is 0 Å². The number of anilines is 1. The molecule has 8 nitrogen and oxygen atoms in total. The first kappa shape index (κ1) is 22.4. The van der Waals surface area contributed by atoms with E-state index in [1.807, 2.05) is 12.1 Å². The molecule has 0 spiro atoms. The summed E-state index contributed by atoms with van der Waals surface area (Å²) in [6, 6.07) is 7.17. The lowest BCUT2D eigenvalue weighted by Gasteiger charge is -2.19. The highest BCUT2D eigenvalue weighted by Gasteiger charge is 2.15. The van der Waals surface area contributed by atoms with Gasteiger partial charge in [0.1, 0.15) is 5.60 Å². The maximum atomic E-state index is 11.9. The minimum Gasteiger partial charge on any atom is -0.444 e. The zero-order valence-corrected chi connectivity index (χ0v) is 16.4. The average molecular weight is 379 g/mol. The Hall–Kier alpha value is -2.61. The van der Waals surface area contributed by atoms with Gasteiger partial charge < -0.3 is 25.4 Å². The third kappa shape index (κ3) is 10.9. The number of alkyl carbamates (subject to hydrolysis) is 1. The van der Waals surface area contributed by atoms with E-state index in [2.05, 4.69) is 16.0 Å². The number of rotatable bonds is 9. The van der Waals surface area contributed by atoms with Crippen LogP contribution in [0.3, 0.4) is 0 Å². The van der Waals surface area contributed by atoms with Crippen molar-refractivity contribution >= 4 is 23.6 Å². The molecule has 0 aliphatic carbocycles. The van der Waals surface area contributed by atoms with Crippen LogP contribution in [0.15, 0.2) is 24.3 Å². The first-order valence-corrected chi connectivity index (χ1v) is 8.81. The third-order valence-corrected chi connectivity index (χ3v) is 3.28. The lowest BCUT2D eigenvalue weighted by Crippen LogP contribution is -2.34. The molecule has 27 heavy (non-hydrogen) atoms. The molecule has 0 radical (unpaired) electrons. The average Bonchev–Trinajstić information content (AvgIpc) is 2.57. The SMILES string of the molecule is COCCC(=O)NCc1ccc(NC(=O)CCNC(=O)OC(C)(C)C)cc1. The van der Waals surface area contributed by atoms with Crippen molar-refractivity contribution in [1.29, 1.82) is 0 Å². The van der Waals surface area contributed by atoms with Gasteiger partial charge in [0.05, 0.1) is 6.61 Å². The molecule has 8 heteroatoms. The summed E-state index contributed by atoms with van der Waals surface area (Å²) in [7, 11) is 1.55. The van der Waals surface area contributed by atoms with Crippen LogP contribution in [0.25, 0.3) is 0 Å². The molecule has 1 aromatic carbocycles. The quantitative estimate of drug-likeness (QED) is 0.610. The van der Waals surface area contributed by atoms with Crippen LogP contribution in [0.2, 0.25) is 0 Å².